The normalized spacial score (nSPS) is 10.1. The first-order valence-corrected chi connectivity index (χ1v) is 6.74. The average molecular weight is 290 g/mol. The number of nitrogens with two attached hydrogens (primary N) is 1. The van der Waals surface area contributed by atoms with E-state index in [9.17, 15) is 9.59 Å². The molecule has 104 valence electrons. The SMILES string of the molecule is CNC(=O)c1ccc(C)c(NC(=O)c2csc(N)n2)c1. The second kappa shape index (κ2) is 5.70. The third-order valence-corrected chi connectivity index (χ3v) is 3.40. The monoisotopic (exact) mass is 290 g/mol. The summed E-state index contributed by atoms with van der Waals surface area (Å²) in [6.07, 6.45) is 0. The Kier molecular flexibility index (Phi) is 3.99. The Balaban J connectivity index is 2.24. The van der Waals surface area contributed by atoms with Gasteiger partial charge in [0.05, 0.1) is 0 Å². The van der Waals surface area contributed by atoms with E-state index in [1.807, 2.05) is 6.92 Å². The molecular formula is C13H14N4O2S. The lowest BCUT2D eigenvalue weighted by molar-refractivity contribution is 0.0961. The molecule has 7 heteroatoms. The van der Waals surface area contributed by atoms with Crippen molar-refractivity contribution in [3.8, 4) is 0 Å². The molecule has 1 heterocycles. The molecule has 1 aromatic carbocycles. The summed E-state index contributed by atoms with van der Waals surface area (Å²) in [5, 5.41) is 7.19. The third kappa shape index (κ3) is 2.94. The number of aryl methyl sites for hydroxylation is 1. The molecule has 0 atom stereocenters. The molecule has 0 spiro atoms. The summed E-state index contributed by atoms with van der Waals surface area (Å²) in [7, 11) is 1.55. The molecule has 4 N–H and O–H groups in total. The third-order valence-electron chi connectivity index (χ3n) is 2.73. The van der Waals surface area contributed by atoms with Gasteiger partial charge >= 0.3 is 0 Å². The topological polar surface area (TPSA) is 97.1 Å². The van der Waals surface area contributed by atoms with Gasteiger partial charge in [-0.25, -0.2) is 4.98 Å². The van der Waals surface area contributed by atoms with E-state index in [2.05, 4.69) is 15.6 Å². The van der Waals surface area contributed by atoms with Gasteiger partial charge in [-0.1, -0.05) is 6.07 Å². The number of amides is 2. The zero-order chi connectivity index (χ0) is 14.7. The number of carbonyl (C=O) groups is 2. The molecule has 2 aromatic rings. The van der Waals surface area contributed by atoms with Crippen LogP contribution in [0.3, 0.4) is 0 Å². The van der Waals surface area contributed by atoms with Gasteiger partial charge in [0, 0.05) is 23.7 Å². The van der Waals surface area contributed by atoms with Gasteiger partial charge in [-0.2, -0.15) is 0 Å². The summed E-state index contributed by atoms with van der Waals surface area (Å²) in [5.41, 5.74) is 7.66. The van der Waals surface area contributed by atoms with Crippen LogP contribution in [-0.4, -0.2) is 23.8 Å². The number of hydrogen-bond donors (Lipinski definition) is 3. The molecule has 0 bridgehead atoms. The smallest absolute Gasteiger partial charge is 0.275 e. The molecule has 20 heavy (non-hydrogen) atoms. The molecular weight excluding hydrogens is 276 g/mol. The Morgan fingerprint density at radius 3 is 2.65 bits per heavy atom. The Hall–Kier alpha value is -2.41. The van der Waals surface area contributed by atoms with Gasteiger partial charge in [-0.05, 0) is 24.6 Å². The summed E-state index contributed by atoms with van der Waals surface area (Å²) < 4.78 is 0. The van der Waals surface area contributed by atoms with Crippen LogP contribution < -0.4 is 16.4 Å². The number of thiazole rings is 1. The minimum absolute atomic E-state index is 0.210. The highest BCUT2D eigenvalue weighted by atomic mass is 32.1. The first-order valence-electron chi connectivity index (χ1n) is 5.86. The van der Waals surface area contributed by atoms with Crippen LogP contribution in [0.4, 0.5) is 10.8 Å². The van der Waals surface area contributed by atoms with E-state index in [1.165, 1.54) is 11.3 Å². The zero-order valence-corrected chi connectivity index (χ0v) is 11.9. The Labute approximate surface area is 120 Å². The van der Waals surface area contributed by atoms with E-state index in [4.69, 9.17) is 5.73 Å². The first kappa shape index (κ1) is 14.0. The van der Waals surface area contributed by atoms with Gasteiger partial charge in [-0.3, -0.25) is 9.59 Å². The van der Waals surface area contributed by atoms with E-state index in [0.717, 1.165) is 5.56 Å². The van der Waals surface area contributed by atoms with Gasteiger partial charge in [0.15, 0.2) is 5.13 Å². The maximum atomic E-state index is 12.0. The molecule has 2 rings (SSSR count). The van der Waals surface area contributed by atoms with Crippen molar-refractivity contribution in [2.75, 3.05) is 18.1 Å². The summed E-state index contributed by atoms with van der Waals surface area (Å²) >= 11 is 1.20. The molecule has 1 aromatic heterocycles. The highest BCUT2D eigenvalue weighted by molar-refractivity contribution is 7.13. The van der Waals surface area contributed by atoms with Crippen molar-refractivity contribution in [3.05, 3.63) is 40.4 Å². The van der Waals surface area contributed by atoms with Crippen LogP contribution in [0, 0.1) is 6.92 Å². The lowest BCUT2D eigenvalue weighted by Gasteiger charge is -2.09. The number of hydrogen-bond acceptors (Lipinski definition) is 5. The summed E-state index contributed by atoms with van der Waals surface area (Å²) in [4.78, 5) is 27.5. The van der Waals surface area contributed by atoms with Gasteiger partial charge in [0.1, 0.15) is 5.69 Å². The number of nitrogens with one attached hydrogen (secondary N) is 2. The van der Waals surface area contributed by atoms with Crippen LogP contribution in [0.1, 0.15) is 26.4 Å². The molecule has 0 unspecified atom stereocenters. The second-order valence-corrected chi connectivity index (χ2v) is 5.02. The van der Waals surface area contributed by atoms with Crippen molar-refractivity contribution in [2.45, 2.75) is 6.92 Å². The predicted molar refractivity (Wildman–Crippen MR) is 79.0 cm³/mol. The summed E-state index contributed by atoms with van der Waals surface area (Å²) in [6.45, 7) is 1.85. The maximum Gasteiger partial charge on any atom is 0.275 e. The number of nitrogens with zero attached hydrogens (tertiary/aromatic N) is 1. The fourth-order valence-electron chi connectivity index (χ4n) is 1.62. The predicted octanol–water partition coefficient (Wildman–Crippen LogP) is 1.65. The van der Waals surface area contributed by atoms with Gasteiger partial charge in [-0.15, -0.1) is 11.3 Å². The molecule has 0 radical (unpaired) electrons. The number of anilines is 2. The van der Waals surface area contributed by atoms with E-state index in [0.29, 0.717) is 16.4 Å². The molecule has 0 saturated carbocycles. The van der Waals surface area contributed by atoms with Crippen LogP contribution >= 0.6 is 11.3 Å². The number of rotatable bonds is 3. The van der Waals surface area contributed by atoms with Gasteiger partial charge in [0.25, 0.3) is 11.8 Å². The van der Waals surface area contributed by atoms with Crippen LogP contribution in [0.2, 0.25) is 0 Å². The lowest BCUT2D eigenvalue weighted by atomic mass is 10.1. The number of aromatic nitrogens is 1. The summed E-state index contributed by atoms with van der Waals surface area (Å²) in [6, 6.07) is 5.10. The van der Waals surface area contributed by atoms with Crippen molar-refractivity contribution in [1.29, 1.82) is 0 Å². The standard InChI is InChI=1S/C13H14N4O2S/c1-7-3-4-8(11(18)15-2)5-9(7)16-12(19)10-6-20-13(14)17-10/h3-6H,1-2H3,(H2,14,17)(H,15,18)(H,16,19). The van der Waals surface area contributed by atoms with E-state index in [-0.39, 0.29) is 17.5 Å². The highest BCUT2D eigenvalue weighted by Crippen LogP contribution is 2.19. The molecule has 6 nitrogen and oxygen atoms in total. The Morgan fingerprint density at radius 2 is 2.05 bits per heavy atom. The van der Waals surface area contributed by atoms with Crippen molar-refractivity contribution < 1.29 is 9.59 Å². The molecule has 0 aliphatic rings. The molecule has 0 saturated heterocycles. The molecule has 0 aliphatic heterocycles. The minimum Gasteiger partial charge on any atom is -0.375 e. The van der Waals surface area contributed by atoms with Crippen LogP contribution in [-0.2, 0) is 0 Å². The Morgan fingerprint density at radius 1 is 1.30 bits per heavy atom. The molecule has 0 aliphatic carbocycles. The first-order chi connectivity index (χ1) is 9.51. The van der Waals surface area contributed by atoms with Crippen molar-refractivity contribution in [3.63, 3.8) is 0 Å². The largest absolute Gasteiger partial charge is 0.375 e. The minimum atomic E-state index is -0.352. The zero-order valence-electron chi connectivity index (χ0n) is 11.1. The molecule has 2 amide bonds. The fourth-order valence-corrected chi connectivity index (χ4v) is 2.16. The van der Waals surface area contributed by atoms with E-state index in [1.54, 1.807) is 30.6 Å². The number of benzene rings is 1. The van der Waals surface area contributed by atoms with Crippen LogP contribution in [0.5, 0.6) is 0 Å². The lowest BCUT2D eigenvalue weighted by Crippen LogP contribution is -2.19. The average Bonchev–Trinajstić information content (AvgIpc) is 2.87. The number of carbonyl (C=O) groups excluding carboxylic acids is 2. The number of nitrogen functional groups attached to an aromatic ring is 1. The van der Waals surface area contributed by atoms with E-state index >= 15 is 0 Å². The van der Waals surface area contributed by atoms with Gasteiger partial charge in [0.2, 0.25) is 0 Å². The maximum absolute atomic E-state index is 12.0. The van der Waals surface area contributed by atoms with Crippen molar-refractivity contribution in [2.24, 2.45) is 0 Å². The van der Waals surface area contributed by atoms with E-state index < -0.39 is 0 Å². The van der Waals surface area contributed by atoms with Crippen LogP contribution in [0.15, 0.2) is 23.6 Å². The molecule has 0 fully saturated rings. The fraction of sp³-hybridized carbons (Fsp3) is 0.154. The summed E-state index contributed by atoms with van der Waals surface area (Å²) in [5.74, 6) is -0.562. The van der Waals surface area contributed by atoms with Gasteiger partial charge < -0.3 is 16.4 Å². The quantitative estimate of drug-likeness (QED) is 0.800. The van der Waals surface area contributed by atoms with Crippen LogP contribution in [0.25, 0.3) is 0 Å². The second-order valence-electron chi connectivity index (χ2n) is 4.13. The van der Waals surface area contributed by atoms with Crippen molar-refractivity contribution >= 4 is 34.0 Å². The van der Waals surface area contributed by atoms with Crippen molar-refractivity contribution in [1.82, 2.24) is 10.3 Å². The highest BCUT2D eigenvalue weighted by Gasteiger charge is 2.13. The Bertz CT molecular complexity index is 666.